The topological polar surface area (TPSA) is 26.0 Å². The minimum atomic E-state index is 0.702. The fourth-order valence-electron chi connectivity index (χ4n) is 4.98. The molecule has 2 aromatic carbocycles. The summed E-state index contributed by atoms with van der Waals surface area (Å²) in [7, 11) is 0. The number of nitrogens with two attached hydrogens (primary N) is 1. The maximum Gasteiger partial charge on any atom is 0.0314 e. The van der Waals surface area contributed by atoms with E-state index in [2.05, 4.69) is 50.2 Å². The average Bonchev–Trinajstić information content (AvgIpc) is 2.81. The maximum absolute atomic E-state index is 5.87. The van der Waals surface area contributed by atoms with Crippen molar-refractivity contribution in [3.63, 3.8) is 0 Å². The van der Waals surface area contributed by atoms with E-state index >= 15 is 0 Å². The summed E-state index contributed by atoms with van der Waals surface area (Å²) >= 11 is 0. The Morgan fingerprint density at radius 2 is 1.16 bits per heavy atom. The molecule has 2 N–H and O–H groups in total. The molecule has 178 valence electrons. The van der Waals surface area contributed by atoms with Gasteiger partial charge in [0.15, 0.2) is 0 Å². The highest BCUT2D eigenvalue weighted by Crippen LogP contribution is 2.31. The lowest BCUT2D eigenvalue weighted by molar-refractivity contribution is 0.502. The van der Waals surface area contributed by atoms with Crippen molar-refractivity contribution in [2.24, 2.45) is 0 Å². The summed E-state index contributed by atoms with van der Waals surface area (Å²) in [6, 6.07) is 17.5. The van der Waals surface area contributed by atoms with Crippen LogP contribution in [0.1, 0.15) is 133 Å². The molecular formula is C31H49N. The molecule has 2 aromatic rings. The van der Waals surface area contributed by atoms with Crippen molar-refractivity contribution in [1.82, 2.24) is 0 Å². The zero-order chi connectivity index (χ0) is 22.9. The van der Waals surface area contributed by atoms with E-state index in [0.29, 0.717) is 5.92 Å². The number of hydrogen-bond donors (Lipinski definition) is 1. The van der Waals surface area contributed by atoms with Crippen molar-refractivity contribution >= 4 is 5.69 Å². The monoisotopic (exact) mass is 435 g/mol. The van der Waals surface area contributed by atoms with E-state index in [1.54, 1.807) is 5.56 Å². The second-order valence-electron chi connectivity index (χ2n) is 9.78. The van der Waals surface area contributed by atoms with Gasteiger partial charge in [0, 0.05) is 5.69 Å². The molecule has 1 heteroatoms. The van der Waals surface area contributed by atoms with E-state index in [9.17, 15) is 0 Å². The van der Waals surface area contributed by atoms with Gasteiger partial charge in [-0.3, -0.25) is 0 Å². The van der Waals surface area contributed by atoms with E-state index in [1.807, 2.05) is 12.1 Å². The number of rotatable bonds is 18. The van der Waals surface area contributed by atoms with E-state index < -0.39 is 0 Å². The fourth-order valence-corrected chi connectivity index (χ4v) is 4.98. The molecule has 0 heterocycles. The Bertz CT molecular complexity index is 703. The van der Waals surface area contributed by atoms with Gasteiger partial charge in [-0.15, -0.1) is 0 Å². The van der Waals surface area contributed by atoms with Crippen molar-refractivity contribution in [1.29, 1.82) is 0 Å². The van der Waals surface area contributed by atoms with Crippen molar-refractivity contribution in [2.45, 2.75) is 122 Å². The van der Waals surface area contributed by atoms with Crippen LogP contribution in [-0.4, -0.2) is 0 Å². The van der Waals surface area contributed by atoms with Crippen molar-refractivity contribution in [3.8, 4) is 0 Å². The first-order valence-corrected chi connectivity index (χ1v) is 13.7. The van der Waals surface area contributed by atoms with Gasteiger partial charge in [-0.25, -0.2) is 0 Å². The third kappa shape index (κ3) is 10.7. The van der Waals surface area contributed by atoms with E-state index in [4.69, 9.17) is 5.73 Å². The van der Waals surface area contributed by atoms with Crippen LogP contribution in [-0.2, 0) is 6.42 Å². The number of unbranched alkanes of at least 4 members (excludes halogenated alkanes) is 11. The van der Waals surface area contributed by atoms with Crippen LogP contribution in [0, 0.1) is 0 Å². The molecule has 0 amide bonds. The van der Waals surface area contributed by atoms with Crippen LogP contribution >= 0.6 is 0 Å². The van der Waals surface area contributed by atoms with Gasteiger partial charge in [0.05, 0.1) is 0 Å². The molecule has 2 rings (SSSR count). The molecular weight excluding hydrogens is 386 g/mol. The standard InChI is InChI=1S/C31H49N/c1-3-5-6-7-8-9-10-11-12-13-14-15-19-28(18-4-2)31-21-17-16-20-29(31)26-27-22-24-30(32)25-23-27/h16-17,20-25,28H,3-15,18-19,26,32H2,1-2H3. The summed E-state index contributed by atoms with van der Waals surface area (Å²) in [5.41, 5.74) is 11.1. The van der Waals surface area contributed by atoms with Crippen LogP contribution in [0.3, 0.4) is 0 Å². The van der Waals surface area contributed by atoms with Gasteiger partial charge in [0.1, 0.15) is 0 Å². The zero-order valence-corrected chi connectivity index (χ0v) is 21.1. The highest BCUT2D eigenvalue weighted by molar-refractivity contribution is 5.42. The molecule has 0 spiro atoms. The molecule has 0 aliphatic rings. The van der Waals surface area contributed by atoms with Gasteiger partial charge in [-0.1, -0.05) is 134 Å². The molecule has 1 atom stereocenters. The first kappa shape index (κ1) is 26.5. The molecule has 0 saturated carbocycles. The fraction of sp³-hybridized carbons (Fsp3) is 0.613. The zero-order valence-electron chi connectivity index (χ0n) is 21.1. The summed E-state index contributed by atoms with van der Waals surface area (Å²) in [6.45, 7) is 4.63. The summed E-state index contributed by atoms with van der Waals surface area (Å²) in [5.74, 6) is 0.702. The molecule has 32 heavy (non-hydrogen) atoms. The lowest BCUT2D eigenvalue weighted by Gasteiger charge is -2.20. The van der Waals surface area contributed by atoms with E-state index in [0.717, 1.165) is 12.1 Å². The molecule has 0 bridgehead atoms. The first-order chi connectivity index (χ1) is 15.7. The Labute approximate surface area is 199 Å². The van der Waals surface area contributed by atoms with Gasteiger partial charge in [-0.2, -0.15) is 0 Å². The van der Waals surface area contributed by atoms with Gasteiger partial charge in [0.2, 0.25) is 0 Å². The minimum Gasteiger partial charge on any atom is -0.399 e. The predicted octanol–water partition coefficient (Wildman–Crippen LogP) is 9.83. The summed E-state index contributed by atoms with van der Waals surface area (Å²) in [5, 5.41) is 0. The number of benzene rings is 2. The quantitative estimate of drug-likeness (QED) is 0.183. The number of anilines is 1. The third-order valence-corrected chi connectivity index (χ3v) is 6.91. The Morgan fingerprint density at radius 3 is 1.75 bits per heavy atom. The molecule has 0 saturated heterocycles. The predicted molar refractivity (Wildman–Crippen MR) is 143 cm³/mol. The first-order valence-electron chi connectivity index (χ1n) is 13.7. The van der Waals surface area contributed by atoms with Gasteiger partial charge >= 0.3 is 0 Å². The SMILES string of the molecule is CCCCCCCCCCCCCCC(CCC)c1ccccc1Cc1ccc(N)cc1. The Hall–Kier alpha value is -1.76. The second kappa shape index (κ2) is 16.8. The molecule has 1 nitrogen and oxygen atoms in total. The smallest absolute Gasteiger partial charge is 0.0314 e. The van der Waals surface area contributed by atoms with Crippen molar-refractivity contribution in [2.75, 3.05) is 5.73 Å². The Morgan fingerprint density at radius 1 is 0.594 bits per heavy atom. The summed E-state index contributed by atoms with van der Waals surface area (Å²) < 4.78 is 0. The van der Waals surface area contributed by atoms with Crippen LogP contribution in [0.2, 0.25) is 0 Å². The third-order valence-electron chi connectivity index (χ3n) is 6.91. The molecule has 0 aliphatic carbocycles. The largest absolute Gasteiger partial charge is 0.399 e. The molecule has 0 aromatic heterocycles. The van der Waals surface area contributed by atoms with Crippen LogP contribution < -0.4 is 5.73 Å². The molecule has 1 unspecified atom stereocenters. The van der Waals surface area contributed by atoms with Crippen LogP contribution in [0.5, 0.6) is 0 Å². The van der Waals surface area contributed by atoms with E-state index in [-0.39, 0.29) is 0 Å². The number of hydrogen-bond acceptors (Lipinski definition) is 1. The minimum absolute atomic E-state index is 0.702. The van der Waals surface area contributed by atoms with Gasteiger partial charge < -0.3 is 5.73 Å². The lowest BCUT2D eigenvalue weighted by atomic mass is 9.85. The van der Waals surface area contributed by atoms with Crippen molar-refractivity contribution in [3.05, 3.63) is 65.2 Å². The van der Waals surface area contributed by atoms with Gasteiger partial charge in [-0.05, 0) is 54.0 Å². The average molecular weight is 436 g/mol. The normalized spacial score (nSPS) is 12.2. The number of nitrogen functional groups attached to an aromatic ring is 1. The van der Waals surface area contributed by atoms with Gasteiger partial charge in [0.25, 0.3) is 0 Å². The van der Waals surface area contributed by atoms with Crippen molar-refractivity contribution < 1.29 is 0 Å². The summed E-state index contributed by atoms with van der Waals surface area (Å²) in [4.78, 5) is 0. The molecule has 0 radical (unpaired) electrons. The maximum atomic E-state index is 5.87. The Balaban J connectivity index is 1.72. The van der Waals surface area contributed by atoms with Crippen LogP contribution in [0.25, 0.3) is 0 Å². The second-order valence-corrected chi connectivity index (χ2v) is 9.78. The molecule has 0 aliphatic heterocycles. The van der Waals surface area contributed by atoms with Crippen LogP contribution in [0.4, 0.5) is 5.69 Å². The Kier molecular flexibility index (Phi) is 13.9. The van der Waals surface area contributed by atoms with Crippen LogP contribution in [0.15, 0.2) is 48.5 Å². The highest BCUT2D eigenvalue weighted by atomic mass is 14.5. The lowest BCUT2D eigenvalue weighted by Crippen LogP contribution is -2.04. The highest BCUT2D eigenvalue weighted by Gasteiger charge is 2.14. The molecule has 0 fully saturated rings. The van der Waals surface area contributed by atoms with E-state index in [1.165, 1.54) is 107 Å². The summed E-state index contributed by atoms with van der Waals surface area (Å²) in [6.07, 6.45) is 22.0.